The molecule has 0 unspecified atom stereocenters. The van der Waals surface area contributed by atoms with Crippen LogP contribution in [0.3, 0.4) is 0 Å². The minimum absolute atomic E-state index is 0.00163. The second-order valence-electron chi connectivity index (χ2n) is 4.21. The van der Waals surface area contributed by atoms with E-state index in [-0.39, 0.29) is 9.77 Å². The van der Waals surface area contributed by atoms with Crippen molar-refractivity contribution in [2.24, 2.45) is 0 Å². The normalized spacial score (nSPS) is 11.3. The summed E-state index contributed by atoms with van der Waals surface area (Å²) in [4.78, 5) is 10.8. The number of carbonyl (C=O) groups is 1. The van der Waals surface area contributed by atoms with Crippen LogP contribution in [0.2, 0.25) is 0 Å². The van der Waals surface area contributed by atoms with E-state index in [4.69, 9.17) is 5.11 Å². The monoisotopic (exact) mass is 311 g/mol. The third-order valence-electron chi connectivity index (χ3n) is 2.90. The van der Waals surface area contributed by atoms with E-state index in [0.29, 0.717) is 5.69 Å². The minimum atomic E-state index is -3.75. The van der Waals surface area contributed by atoms with Gasteiger partial charge in [0.2, 0.25) is 0 Å². The van der Waals surface area contributed by atoms with Crippen LogP contribution < -0.4 is 4.31 Å². The number of nitrogens with zero attached hydrogens (tertiary/aromatic N) is 1. The zero-order valence-corrected chi connectivity index (χ0v) is 12.5. The van der Waals surface area contributed by atoms with Crippen LogP contribution in [-0.2, 0) is 10.0 Å². The van der Waals surface area contributed by atoms with Crippen molar-refractivity contribution in [3.8, 4) is 0 Å². The summed E-state index contributed by atoms with van der Waals surface area (Å²) in [5.74, 6) is -1.13. The number of aromatic carboxylic acids is 1. The van der Waals surface area contributed by atoms with E-state index in [2.05, 4.69) is 0 Å². The van der Waals surface area contributed by atoms with Gasteiger partial charge in [0, 0.05) is 12.4 Å². The molecule has 0 aliphatic heterocycles. The molecule has 1 aromatic heterocycles. The van der Waals surface area contributed by atoms with Gasteiger partial charge < -0.3 is 5.11 Å². The van der Waals surface area contributed by atoms with Crippen molar-refractivity contribution in [1.29, 1.82) is 0 Å². The molecular formula is C13H13NO4S2. The topological polar surface area (TPSA) is 74.7 Å². The number of hydrogen-bond donors (Lipinski definition) is 1. The Labute approximate surface area is 121 Å². The van der Waals surface area contributed by atoms with Crippen LogP contribution in [0.25, 0.3) is 0 Å². The fraction of sp³-hybridized carbons (Fsp3) is 0.154. The molecule has 0 amide bonds. The fourth-order valence-electron chi connectivity index (χ4n) is 1.77. The largest absolute Gasteiger partial charge is 0.477 e. The lowest BCUT2D eigenvalue weighted by molar-refractivity contribution is 0.0702. The molecule has 0 saturated carbocycles. The highest BCUT2D eigenvalue weighted by Crippen LogP contribution is 2.27. The third-order valence-corrected chi connectivity index (χ3v) is 5.72. The van der Waals surface area contributed by atoms with Crippen LogP contribution in [0.4, 0.5) is 5.69 Å². The number of para-hydroxylation sites is 1. The Hall–Kier alpha value is -1.86. The van der Waals surface area contributed by atoms with Crippen molar-refractivity contribution in [3.63, 3.8) is 0 Å². The highest BCUT2D eigenvalue weighted by Gasteiger charge is 2.24. The summed E-state index contributed by atoms with van der Waals surface area (Å²) in [5.41, 5.74) is 1.39. The van der Waals surface area contributed by atoms with Crippen molar-refractivity contribution in [2.75, 3.05) is 11.4 Å². The molecule has 2 rings (SSSR count). The maximum Gasteiger partial charge on any atom is 0.345 e. The van der Waals surface area contributed by atoms with Crippen LogP contribution in [0.1, 0.15) is 15.2 Å². The maximum atomic E-state index is 12.5. The second kappa shape index (κ2) is 5.26. The summed E-state index contributed by atoms with van der Waals surface area (Å²) >= 11 is 0.896. The van der Waals surface area contributed by atoms with Crippen LogP contribution in [0.5, 0.6) is 0 Å². The molecule has 5 nitrogen and oxygen atoms in total. The summed E-state index contributed by atoms with van der Waals surface area (Å²) < 4.78 is 26.1. The fourth-order valence-corrected chi connectivity index (χ4v) is 4.13. The quantitative estimate of drug-likeness (QED) is 0.941. The summed E-state index contributed by atoms with van der Waals surface area (Å²) in [6.45, 7) is 1.82. The Morgan fingerprint density at radius 2 is 1.95 bits per heavy atom. The van der Waals surface area contributed by atoms with E-state index >= 15 is 0 Å². The predicted molar refractivity (Wildman–Crippen MR) is 78.0 cm³/mol. The molecule has 106 valence electrons. The van der Waals surface area contributed by atoms with Gasteiger partial charge in [0.15, 0.2) is 0 Å². The number of aryl methyl sites for hydroxylation is 1. The van der Waals surface area contributed by atoms with Crippen molar-refractivity contribution in [3.05, 3.63) is 46.2 Å². The van der Waals surface area contributed by atoms with Gasteiger partial charge in [-0.1, -0.05) is 18.2 Å². The van der Waals surface area contributed by atoms with Crippen molar-refractivity contribution < 1.29 is 18.3 Å². The smallest absolute Gasteiger partial charge is 0.345 e. The molecule has 1 heterocycles. The Morgan fingerprint density at radius 3 is 2.50 bits per heavy atom. The van der Waals surface area contributed by atoms with E-state index in [1.807, 2.05) is 19.1 Å². The predicted octanol–water partition coefficient (Wildman–Crippen LogP) is 2.58. The molecule has 0 spiro atoms. The molecule has 0 aliphatic carbocycles. The minimum Gasteiger partial charge on any atom is -0.477 e. The first-order valence-corrected chi connectivity index (χ1v) is 8.02. The summed E-state index contributed by atoms with van der Waals surface area (Å²) in [5, 5.41) is 10.2. The second-order valence-corrected chi connectivity index (χ2v) is 7.09. The number of rotatable bonds is 4. The van der Waals surface area contributed by atoms with E-state index < -0.39 is 16.0 Å². The average Bonchev–Trinajstić information content (AvgIpc) is 2.89. The zero-order chi connectivity index (χ0) is 14.9. The van der Waals surface area contributed by atoms with Gasteiger partial charge in [0.25, 0.3) is 10.0 Å². The lowest BCUT2D eigenvalue weighted by Gasteiger charge is -2.20. The highest BCUT2D eigenvalue weighted by molar-refractivity contribution is 7.93. The first-order valence-electron chi connectivity index (χ1n) is 5.70. The van der Waals surface area contributed by atoms with Gasteiger partial charge in [0.05, 0.1) is 10.6 Å². The first kappa shape index (κ1) is 14.5. The van der Waals surface area contributed by atoms with E-state index in [9.17, 15) is 13.2 Å². The van der Waals surface area contributed by atoms with Crippen LogP contribution in [0.15, 0.2) is 40.6 Å². The maximum absolute atomic E-state index is 12.5. The molecule has 0 radical (unpaired) electrons. The number of carboxylic acid groups (broad SMARTS) is 1. The summed E-state index contributed by atoms with van der Waals surface area (Å²) in [6, 6.07) is 8.28. The van der Waals surface area contributed by atoms with Gasteiger partial charge in [-0.05, 0) is 24.6 Å². The molecule has 0 aliphatic rings. The molecular weight excluding hydrogens is 298 g/mol. The molecule has 2 aromatic rings. The van der Waals surface area contributed by atoms with E-state index in [1.54, 1.807) is 12.1 Å². The van der Waals surface area contributed by atoms with Crippen LogP contribution in [0, 0.1) is 6.92 Å². The Kier molecular flexibility index (Phi) is 3.82. The van der Waals surface area contributed by atoms with Gasteiger partial charge in [-0.2, -0.15) is 0 Å². The van der Waals surface area contributed by atoms with Crippen molar-refractivity contribution in [1.82, 2.24) is 0 Å². The first-order chi connectivity index (χ1) is 9.34. The van der Waals surface area contributed by atoms with Gasteiger partial charge >= 0.3 is 5.97 Å². The molecule has 7 heteroatoms. The van der Waals surface area contributed by atoms with E-state index in [0.717, 1.165) is 21.2 Å². The molecule has 0 saturated heterocycles. The standard InChI is InChI=1S/C13H13NO4S2/c1-9-5-3-4-6-11(9)14(2)20(17,18)10-7-12(13(15)16)19-8-10/h3-8H,1-2H3,(H,15,16). The Morgan fingerprint density at radius 1 is 1.30 bits per heavy atom. The molecule has 1 aromatic carbocycles. The third kappa shape index (κ3) is 2.54. The van der Waals surface area contributed by atoms with Crippen molar-refractivity contribution >= 4 is 33.0 Å². The molecule has 1 N–H and O–H groups in total. The van der Waals surface area contributed by atoms with Gasteiger partial charge in [0.1, 0.15) is 4.88 Å². The van der Waals surface area contributed by atoms with Crippen molar-refractivity contribution in [2.45, 2.75) is 11.8 Å². The van der Waals surface area contributed by atoms with Gasteiger partial charge in [-0.15, -0.1) is 11.3 Å². The number of hydrogen-bond acceptors (Lipinski definition) is 4. The molecule has 0 fully saturated rings. The highest BCUT2D eigenvalue weighted by atomic mass is 32.2. The van der Waals surface area contributed by atoms with Gasteiger partial charge in [-0.3, -0.25) is 4.31 Å². The number of carboxylic acids is 1. The lowest BCUT2D eigenvalue weighted by Crippen LogP contribution is -2.26. The van der Waals surface area contributed by atoms with Crippen LogP contribution >= 0.6 is 11.3 Å². The number of thiophene rings is 1. The SMILES string of the molecule is Cc1ccccc1N(C)S(=O)(=O)c1csc(C(=O)O)c1. The molecule has 0 bridgehead atoms. The number of anilines is 1. The number of sulfonamides is 1. The Balaban J connectivity index is 2.44. The van der Waals surface area contributed by atoms with E-state index in [1.165, 1.54) is 18.5 Å². The van der Waals surface area contributed by atoms with Gasteiger partial charge in [-0.25, -0.2) is 13.2 Å². The number of benzene rings is 1. The van der Waals surface area contributed by atoms with Crippen LogP contribution in [-0.4, -0.2) is 26.5 Å². The molecule has 0 atom stereocenters. The lowest BCUT2D eigenvalue weighted by atomic mass is 10.2. The Bertz CT molecular complexity index is 749. The summed E-state index contributed by atoms with van der Waals surface area (Å²) in [7, 11) is -2.29. The average molecular weight is 311 g/mol. The summed E-state index contributed by atoms with van der Waals surface area (Å²) in [6.07, 6.45) is 0. The zero-order valence-electron chi connectivity index (χ0n) is 10.9. The molecule has 20 heavy (non-hydrogen) atoms.